The number of nitrogens with one attached hydrogen (secondary N) is 2. The van der Waals surface area contributed by atoms with Crippen molar-refractivity contribution in [3.05, 3.63) is 12.7 Å². The Morgan fingerprint density at radius 2 is 2.09 bits per heavy atom. The molecule has 0 bridgehead atoms. The van der Waals surface area contributed by atoms with E-state index in [9.17, 15) is 9.59 Å². The summed E-state index contributed by atoms with van der Waals surface area (Å²) in [6.45, 7) is 7.86. The quantitative estimate of drug-likeness (QED) is 0.290. The molecule has 2 aliphatic heterocycles. The first-order valence-corrected chi connectivity index (χ1v) is 8.15. The third-order valence-electron chi connectivity index (χ3n) is 4.01. The first-order chi connectivity index (χ1) is 10.6. The van der Waals surface area contributed by atoms with Crippen molar-refractivity contribution in [2.75, 3.05) is 32.7 Å². The van der Waals surface area contributed by atoms with Crippen LogP contribution in [0, 0.1) is 5.92 Å². The maximum Gasteiger partial charge on any atom is 0.247 e. The van der Waals surface area contributed by atoms with Crippen molar-refractivity contribution < 1.29 is 14.5 Å². The third-order valence-corrected chi connectivity index (χ3v) is 4.33. The summed E-state index contributed by atoms with van der Waals surface area (Å²) in [5.41, 5.74) is 0. The predicted octanol–water partition coefficient (Wildman–Crippen LogP) is -0.828. The summed E-state index contributed by atoms with van der Waals surface area (Å²) in [5, 5.41) is 2.67. The molecule has 2 fully saturated rings. The molecule has 2 aliphatic rings. The molecule has 0 spiro atoms. The van der Waals surface area contributed by atoms with Crippen molar-refractivity contribution in [3.63, 3.8) is 0 Å². The van der Waals surface area contributed by atoms with Gasteiger partial charge in [-0.3, -0.25) is 19.5 Å². The van der Waals surface area contributed by atoms with E-state index in [1.54, 1.807) is 11.0 Å². The number of aliphatic imine (C=N–C) groups is 1. The molecule has 2 N–H and O–H groups in total. The second kappa shape index (κ2) is 8.14. The number of amides is 2. The maximum atomic E-state index is 12.3. The van der Waals surface area contributed by atoms with E-state index in [2.05, 4.69) is 16.9 Å². The molecule has 6 nitrogen and oxygen atoms in total. The van der Waals surface area contributed by atoms with Crippen LogP contribution >= 0.6 is 12.2 Å². The van der Waals surface area contributed by atoms with Gasteiger partial charge in [0.25, 0.3) is 0 Å². The fourth-order valence-electron chi connectivity index (χ4n) is 2.77. The van der Waals surface area contributed by atoms with Crippen LogP contribution in [0.15, 0.2) is 17.6 Å². The van der Waals surface area contributed by atoms with Crippen molar-refractivity contribution in [2.45, 2.75) is 19.3 Å². The summed E-state index contributed by atoms with van der Waals surface area (Å²) in [6, 6.07) is 0. The van der Waals surface area contributed by atoms with E-state index in [1.807, 2.05) is 0 Å². The van der Waals surface area contributed by atoms with Gasteiger partial charge < -0.3 is 10.2 Å². The average molecular weight is 323 g/mol. The minimum Gasteiger partial charge on any atom is -0.333 e. The molecule has 0 aliphatic carbocycles. The lowest BCUT2D eigenvalue weighted by Crippen LogP contribution is -3.13. The maximum absolute atomic E-state index is 12.3. The van der Waals surface area contributed by atoms with E-state index >= 15 is 0 Å². The smallest absolute Gasteiger partial charge is 0.247 e. The van der Waals surface area contributed by atoms with Gasteiger partial charge in [0.15, 0.2) is 11.0 Å². The molecule has 0 aromatic rings. The zero-order valence-corrected chi connectivity index (χ0v) is 13.5. The molecule has 0 saturated carbocycles. The van der Waals surface area contributed by atoms with Crippen LogP contribution in [-0.4, -0.2) is 60.8 Å². The summed E-state index contributed by atoms with van der Waals surface area (Å²) in [4.78, 5) is 31.3. The van der Waals surface area contributed by atoms with Crippen LogP contribution < -0.4 is 10.2 Å². The number of quaternary nitrogens is 1. The van der Waals surface area contributed by atoms with Gasteiger partial charge in [0.05, 0.1) is 26.2 Å². The van der Waals surface area contributed by atoms with Crippen molar-refractivity contribution in [1.29, 1.82) is 0 Å². The van der Waals surface area contributed by atoms with Crippen LogP contribution in [0.4, 0.5) is 0 Å². The monoisotopic (exact) mass is 323 g/mol. The lowest BCUT2D eigenvalue weighted by Gasteiger charge is -2.30. The Morgan fingerprint density at radius 3 is 2.77 bits per heavy atom. The lowest BCUT2D eigenvalue weighted by molar-refractivity contribution is -0.903. The second-order valence-corrected chi connectivity index (χ2v) is 6.01. The zero-order valence-electron chi connectivity index (χ0n) is 12.7. The number of carbonyl (C=O) groups excluding carboxylic acids is 2. The van der Waals surface area contributed by atoms with Crippen molar-refractivity contribution >= 4 is 35.4 Å². The van der Waals surface area contributed by atoms with Gasteiger partial charge in [0.1, 0.15) is 0 Å². The number of carbonyl (C=O) groups is 2. The topological polar surface area (TPSA) is 66.2 Å². The highest BCUT2D eigenvalue weighted by Gasteiger charge is 2.36. The summed E-state index contributed by atoms with van der Waals surface area (Å²) < 4.78 is 0. The van der Waals surface area contributed by atoms with Crippen LogP contribution in [0.5, 0.6) is 0 Å². The van der Waals surface area contributed by atoms with Gasteiger partial charge in [0, 0.05) is 12.8 Å². The fourth-order valence-corrected chi connectivity index (χ4v) is 3.03. The SMILES string of the molecule is C=CCN1C(=O)[C@@H](C=NCC[NH+]2CCCCC2)C(=O)NC1=S. The van der Waals surface area contributed by atoms with Crippen LogP contribution in [0.2, 0.25) is 0 Å². The Kier molecular flexibility index (Phi) is 6.21. The van der Waals surface area contributed by atoms with Crippen LogP contribution in [0.25, 0.3) is 0 Å². The Balaban J connectivity index is 1.87. The molecule has 0 aromatic heterocycles. The minimum absolute atomic E-state index is 0.136. The Bertz CT molecular complexity index is 486. The summed E-state index contributed by atoms with van der Waals surface area (Å²) >= 11 is 5.00. The number of thiocarbonyl (C=S) groups is 1. The lowest BCUT2D eigenvalue weighted by atomic mass is 10.1. The average Bonchev–Trinajstić information content (AvgIpc) is 2.51. The van der Waals surface area contributed by atoms with E-state index in [0.717, 1.165) is 6.54 Å². The normalized spacial score (nSPS) is 23.9. The molecular weight excluding hydrogens is 300 g/mol. The molecule has 7 heteroatoms. The molecule has 2 heterocycles. The van der Waals surface area contributed by atoms with Crippen LogP contribution in [0.1, 0.15) is 19.3 Å². The van der Waals surface area contributed by atoms with Crippen LogP contribution in [-0.2, 0) is 9.59 Å². The van der Waals surface area contributed by atoms with Gasteiger partial charge in [-0.2, -0.15) is 0 Å². The van der Waals surface area contributed by atoms with Crippen molar-refractivity contribution in [1.82, 2.24) is 10.2 Å². The first kappa shape index (κ1) is 16.8. The second-order valence-electron chi connectivity index (χ2n) is 5.63. The summed E-state index contributed by atoms with van der Waals surface area (Å²) in [6.07, 6.45) is 6.91. The Labute approximate surface area is 136 Å². The van der Waals surface area contributed by atoms with Crippen molar-refractivity contribution in [3.8, 4) is 0 Å². The van der Waals surface area contributed by atoms with Crippen LogP contribution in [0.3, 0.4) is 0 Å². The number of piperidine rings is 1. The highest BCUT2D eigenvalue weighted by atomic mass is 32.1. The summed E-state index contributed by atoms with van der Waals surface area (Å²) in [7, 11) is 0. The van der Waals surface area contributed by atoms with Gasteiger partial charge in [-0.1, -0.05) is 6.08 Å². The number of hydrogen-bond donors (Lipinski definition) is 2. The Morgan fingerprint density at radius 1 is 1.36 bits per heavy atom. The van der Waals surface area contributed by atoms with E-state index in [4.69, 9.17) is 12.2 Å². The van der Waals surface area contributed by atoms with Gasteiger partial charge >= 0.3 is 0 Å². The first-order valence-electron chi connectivity index (χ1n) is 7.74. The van der Waals surface area contributed by atoms with E-state index in [0.29, 0.717) is 13.1 Å². The van der Waals surface area contributed by atoms with Gasteiger partial charge in [-0.15, -0.1) is 6.58 Å². The molecule has 120 valence electrons. The molecule has 2 saturated heterocycles. The van der Waals surface area contributed by atoms with Gasteiger partial charge in [0.2, 0.25) is 11.8 Å². The molecule has 2 rings (SSSR count). The molecule has 0 unspecified atom stereocenters. The standard InChI is InChI=1S/C15H22N4O2S/c1-2-7-19-14(21)12(13(20)17-15(19)22)11-16-6-10-18-8-4-3-5-9-18/h2,11-12H,1,3-10H2,(H,17,20,22)/p+1/t12-/m0/s1. The molecule has 1 atom stereocenters. The molecule has 22 heavy (non-hydrogen) atoms. The molecule has 2 amide bonds. The summed E-state index contributed by atoms with van der Waals surface area (Å²) in [5.74, 6) is -1.62. The minimum atomic E-state index is -0.886. The molecule has 0 radical (unpaired) electrons. The number of nitrogens with zero attached hydrogens (tertiary/aromatic N) is 2. The van der Waals surface area contributed by atoms with E-state index < -0.39 is 11.8 Å². The third kappa shape index (κ3) is 4.20. The predicted molar refractivity (Wildman–Crippen MR) is 88.9 cm³/mol. The van der Waals surface area contributed by atoms with E-state index in [1.165, 1.54) is 43.5 Å². The van der Waals surface area contributed by atoms with Gasteiger partial charge in [-0.05, 0) is 31.5 Å². The highest BCUT2D eigenvalue weighted by molar-refractivity contribution is 7.80. The van der Waals surface area contributed by atoms with Gasteiger partial charge in [-0.25, -0.2) is 0 Å². The zero-order chi connectivity index (χ0) is 15.9. The largest absolute Gasteiger partial charge is 0.333 e. The Hall–Kier alpha value is -1.60. The van der Waals surface area contributed by atoms with E-state index in [-0.39, 0.29) is 11.0 Å². The highest BCUT2D eigenvalue weighted by Crippen LogP contribution is 2.09. The number of rotatable bonds is 6. The number of hydrogen-bond acceptors (Lipinski definition) is 4. The fraction of sp³-hybridized carbons (Fsp3) is 0.600. The molecule has 0 aromatic carbocycles. The number of likely N-dealkylation sites (tertiary alicyclic amines) is 1. The van der Waals surface area contributed by atoms with Crippen molar-refractivity contribution in [2.24, 2.45) is 10.9 Å². The molecular formula is C15H23N4O2S+.